The molecule has 1 saturated heterocycles. The average Bonchev–Trinajstić information content (AvgIpc) is 2.28. The van der Waals surface area contributed by atoms with Gasteiger partial charge in [0.05, 0.1) is 6.10 Å². The van der Waals surface area contributed by atoms with Gasteiger partial charge in [-0.1, -0.05) is 27.7 Å². The van der Waals surface area contributed by atoms with E-state index in [1.807, 2.05) is 0 Å². The number of hydrogen-bond donors (Lipinski definition) is 1. The van der Waals surface area contributed by atoms with Crippen LogP contribution in [-0.4, -0.2) is 25.3 Å². The smallest absolute Gasteiger partial charge is 0.0587 e. The van der Waals surface area contributed by atoms with E-state index in [-0.39, 0.29) is 0 Å². The summed E-state index contributed by atoms with van der Waals surface area (Å²) in [5.41, 5.74) is 0. The number of hydrogen-bond acceptors (Lipinski definition) is 2. The zero-order chi connectivity index (χ0) is 13.4. The Bertz CT molecular complexity index is 187. The molecule has 1 unspecified atom stereocenters. The van der Waals surface area contributed by atoms with Crippen molar-refractivity contribution in [1.82, 2.24) is 5.32 Å². The molecule has 0 spiro atoms. The van der Waals surface area contributed by atoms with E-state index in [0.717, 1.165) is 25.0 Å². The van der Waals surface area contributed by atoms with Gasteiger partial charge in [-0.2, -0.15) is 0 Å². The highest BCUT2D eigenvalue weighted by Gasteiger charge is 2.16. The minimum Gasteiger partial charge on any atom is -0.378 e. The third-order valence-electron chi connectivity index (χ3n) is 3.69. The fourth-order valence-electron chi connectivity index (χ4n) is 2.88. The van der Waals surface area contributed by atoms with Gasteiger partial charge in [0.25, 0.3) is 0 Å². The van der Waals surface area contributed by atoms with Crippen molar-refractivity contribution < 1.29 is 4.74 Å². The lowest BCUT2D eigenvalue weighted by molar-refractivity contribution is 0.0110. The second-order valence-corrected chi connectivity index (χ2v) is 6.69. The Balaban J connectivity index is 2.18. The topological polar surface area (TPSA) is 21.3 Å². The van der Waals surface area contributed by atoms with Crippen LogP contribution in [0.3, 0.4) is 0 Å². The van der Waals surface area contributed by atoms with Gasteiger partial charge in [-0.15, -0.1) is 0 Å². The van der Waals surface area contributed by atoms with Crippen molar-refractivity contribution in [3.05, 3.63) is 0 Å². The predicted molar refractivity (Wildman–Crippen MR) is 78.9 cm³/mol. The van der Waals surface area contributed by atoms with Crippen LogP contribution in [0.25, 0.3) is 0 Å². The molecule has 108 valence electrons. The molecule has 0 amide bonds. The molecule has 0 aromatic carbocycles. The van der Waals surface area contributed by atoms with Crippen LogP contribution < -0.4 is 5.32 Å². The van der Waals surface area contributed by atoms with Gasteiger partial charge in [0, 0.05) is 12.6 Å². The maximum absolute atomic E-state index is 5.78. The lowest BCUT2D eigenvalue weighted by Crippen LogP contribution is -2.34. The fourth-order valence-corrected chi connectivity index (χ4v) is 2.88. The molecule has 1 atom stereocenters. The first kappa shape index (κ1) is 16.0. The minimum absolute atomic E-state index is 0.519. The quantitative estimate of drug-likeness (QED) is 0.708. The summed E-state index contributed by atoms with van der Waals surface area (Å²) in [6.45, 7) is 11.4. The molecule has 0 aromatic rings. The van der Waals surface area contributed by atoms with Gasteiger partial charge in [-0.3, -0.25) is 0 Å². The molecule has 1 rings (SSSR count). The summed E-state index contributed by atoms with van der Waals surface area (Å²) in [6, 6.07) is 0.689. The van der Waals surface area contributed by atoms with Crippen LogP contribution in [0.15, 0.2) is 0 Å². The van der Waals surface area contributed by atoms with Crippen molar-refractivity contribution in [3.63, 3.8) is 0 Å². The first-order valence-electron chi connectivity index (χ1n) is 7.93. The molecule has 1 N–H and O–H groups in total. The Hall–Kier alpha value is -0.0800. The number of nitrogens with one attached hydrogen (secondary N) is 1. The van der Waals surface area contributed by atoms with E-state index >= 15 is 0 Å². The average molecular weight is 255 g/mol. The summed E-state index contributed by atoms with van der Waals surface area (Å²) in [5.74, 6) is 1.57. The van der Waals surface area contributed by atoms with Crippen LogP contribution in [0.4, 0.5) is 0 Å². The maximum Gasteiger partial charge on any atom is 0.0587 e. The van der Waals surface area contributed by atoms with E-state index in [9.17, 15) is 0 Å². The molecular weight excluding hydrogens is 222 g/mol. The summed E-state index contributed by atoms with van der Waals surface area (Å²) < 4.78 is 5.78. The van der Waals surface area contributed by atoms with Crippen molar-refractivity contribution >= 4 is 0 Å². The first-order chi connectivity index (χ1) is 8.58. The lowest BCUT2D eigenvalue weighted by Gasteiger charge is -2.26. The molecule has 1 aliphatic rings. The Morgan fingerprint density at radius 3 is 2.22 bits per heavy atom. The van der Waals surface area contributed by atoms with Crippen LogP contribution >= 0.6 is 0 Å². The summed E-state index contributed by atoms with van der Waals surface area (Å²) in [6.07, 6.45) is 8.17. The molecule has 1 heterocycles. The standard InChI is InChI=1S/C16H33NO/c1-13(2)11-15(12-14(3)4)17-9-8-16-7-5-6-10-18-16/h13-17H,5-12H2,1-4H3. The van der Waals surface area contributed by atoms with E-state index < -0.39 is 0 Å². The van der Waals surface area contributed by atoms with Crippen LogP contribution in [-0.2, 0) is 4.74 Å². The number of ether oxygens (including phenoxy) is 1. The highest BCUT2D eigenvalue weighted by Crippen LogP contribution is 2.16. The van der Waals surface area contributed by atoms with Gasteiger partial charge >= 0.3 is 0 Å². The molecule has 0 radical (unpaired) electrons. The third kappa shape index (κ3) is 7.38. The molecule has 18 heavy (non-hydrogen) atoms. The van der Waals surface area contributed by atoms with E-state index in [1.165, 1.54) is 38.5 Å². The predicted octanol–water partition coefficient (Wildman–Crippen LogP) is 4.00. The SMILES string of the molecule is CC(C)CC(CC(C)C)NCCC1CCCCO1. The highest BCUT2D eigenvalue weighted by atomic mass is 16.5. The van der Waals surface area contributed by atoms with Crippen molar-refractivity contribution in [2.24, 2.45) is 11.8 Å². The normalized spacial score (nSPS) is 21.2. The van der Waals surface area contributed by atoms with Crippen molar-refractivity contribution in [1.29, 1.82) is 0 Å². The van der Waals surface area contributed by atoms with Gasteiger partial charge in [-0.25, -0.2) is 0 Å². The fraction of sp³-hybridized carbons (Fsp3) is 1.00. The molecule has 1 fully saturated rings. The summed E-state index contributed by atoms with van der Waals surface area (Å²) in [7, 11) is 0. The molecule has 2 nitrogen and oxygen atoms in total. The van der Waals surface area contributed by atoms with Gasteiger partial charge in [-0.05, 0) is 56.9 Å². The molecule has 0 bridgehead atoms. The monoisotopic (exact) mass is 255 g/mol. The second kappa shape index (κ2) is 8.92. The molecule has 2 heteroatoms. The van der Waals surface area contributed by atoms with Crippen LogP contribution in [0.1, 0.15) is 66.2 Å². The molecule has 0 saturated carbocycles. The van der Waals surface area contributed by atoms with Gasteiger partial charge in [0.15, 0.2) is 0 Å². The van der Waals surface area contributed by atoms with E-state index in [1.54, 1.807) is 0 Å². The maximum atomic E-state index is 5.78. The van der Waals surface area contributed by atoms with Crippen LogP contribution in [0.5, 0.6) is 0 Å². The first-order valence-corrected chi connectivity index (χ1v) is 7.93. The second-order valence-electron chi connectivity index (χ2n) is 6.69. The van der Waals surface area contributed by atoms with E-state index in [2.05, 4.69) is 33.0 Å². The Kier molecular flexibility index (Phi) is 7.92. The highest BCUT2D eigenvalue weighted by molar-refractivity contribution is 4.72. The molecule has 0 aromatic heterocycles. The zero-order valence-corrected chi connectivity index (χ0v) is 12.9. The van der Waals surface area contributed by atoms with Crippen molar-refractivity contribution in [2.75, 3.05) is 13.2 Å². The molecule has 0 aliphatic carbocycles. The van der Waals surface area contributed by atoms with Gasteiger partial charge in [0.2, 0.25) is 0 Å². The summed E-state index contributed by atoms with van der Waals surface area (Å²) in [5, 5.41) is 3.75. The lowest BCUT2D eigenvalue weighted by atomic mass is 9.95. The van der Waals surface area contributed by atoms with Gasteiger partial charge < -0.3 is 10.1 Å². The number of rotatable bonds is 8. The van der Waals surface area contributed by atoms with Crippen LogP contribution in [0, 0.1) is 11.8 Å². The Morgan fingerprint density at radius 1 is 1.06 bits per heavy atom. The van der Waals surface area contributed by atoms with Crippen molar-refractivity contribution in [2.45, 2.75) is 78.4 Å². The minimum atomic E-state index is 0.519. The van der Waals surface area contributed by atoms with Crippen molar-refractivity contribution in [3.8, 4) is 0 Å². The molecular formula is C16H33NO. The van der Waals surface area contributed by atoms with Gasteiger partial charge in [0.1, 0.15) is 0 Å². The third-order valence-corrected chi connectivity index (χ3v) is 3.69. The summed E-state index contributed by atoms with van der Waals surface area (Å²) in [4.78, 5) is 0. The zero-order valence-electron chi connectivity index (χ0n) is 12.9. The van der Waals surface area contributed by atoms with E-state index in [4.69, 9.17) is 4.74 Å². The van der Waals surface area contributed by atoms with Crippen LogP contribution in [0.2, 0.25) is 0 Å². The Labute approximate surface area is 114 Å². The molecule has 1 aliphatic heterocycles. The Morgan fingerprint density at radius 2 is 1.72 bits per heavy atom. The largest absolute Gasteiger partial charge is 0.378 e. The van der Waals surface area contributed by atoms with E-state index in [0.29, 0.717) is 12.1 Å². The summed E-state index contributed by atoms with van der Waals surface area (Å²) >= 11 is 0.